The average Bonchev–Trinajstić information content (AvgIpc) is 3.09. The number of aryl methyl sites for hydroxylation is 1. The normalized spacial score (nSPS) is 11.4. The molecule has 2 aromatic rings. The van der Waals surface area contributed by atoms with Gasteiger partial charge in [-0.2, -0.15) is 0 Å². The van der Waals surface area contributed by atoms with Crippen LogP contribution in [0.25, 0.3) is 0 Å². The van der Waals surface area contributed by atoms with Gasteiger partial charge in [0.15, 0.2) is 11.9 Å². The number of carbonyl (C=O) groups excluding carboxylic acids is 3. The van der Waals surface area contributed by atoms with E-state index in [1.807, 2.05) is 19.1 Å². The predicted octanol–water partition coefficient (Wildman–Crippen LogP) is 1.89. The minimum Gasteiger partial charge on any atom is -0.459 e. The molecule has 0 aliphatic carbocycles. The molecule has 7 nitrogen and oxygen atoms in total. The summed E-state index contributed by atoms with van der Waals surface area (Å²) in [4.78, 5) is 35.3. The zero-order valence-electron chi connectivity index (χ0n) is 13.4. The van der Waals surface area contributed by atoms with Crippen molar-refractivity contribution in [3.05, 3.63) is 54.0 Å². The number of furan rings is 1. The Morgan fingerprint density at radius 1 is 1.17 bits per heavy atom. The van der Waals surface area contributed by atoms with Crippen molar-refractivity contribution in [3.8, 4) is 0 Å². The quantitative estimate of drug-likeness (QED) is 0.788. The van der Waals surface area contributed by atoms with Crippen molar-refractivity contribution in [2.45, 2.75) is 20.0 Å². The van der Waals surface area contributed by atoms with E-state index in [9.17, 15) is 14.4 Å². The number of hydrogen-bond acceptors (Lipinski definition) is 5. The fourth-order valence-corrected chi connectivity index (χ4v) is 1.82. The zero-order chi connectivity index (χ0) is 17.5. The molecular formula is C17H18N2O5. The Bertz CT molecular complexity index is 707. The third-order valence-corrected chi connectivity index (χ3v) is 3.13. The van der Waals surface area contributed by atoms with E-state index in [4.69, 9.17) is 9.15 Å². The van der Waals surface area contributed by atoms with Crippen molar-refractivity contribution >= 4 is 23.5 Å². The first-order valence-corrected chi connectivity index (χ1v) is 7.34. The minimum atomic E-state index is -0.987. The summed E-state index contributed by atoms with van der Waals surface area (Å²) >= 11 is 0. The number of hydrogen-bond donors (Lipinski definition) is 2. The molecule has 0 radical (unpaired) electrons. The topological polar surface area (TPSA) is 97.6 Å². The average molecular weight is 330 g/mol. The van der Waals surface area contributed by atoms with Gasteiger partial charge in [-0.05, 0) is 38.1 Å². The summed E-state index contributed by atoms with van der Waals surface area (Å²) in [7, 11) is 0. The number of esters is 1. The SMILES string of the molecule is Cc1ccc(NC(=O)[C@H](C)OC(=O)CNC(=O)c2ccco2)cc1. The summed E-state index contributed by atoms with van der Waals surface area (Å²) in [5, 5.41) is 4.99. The second-order valence-electron chi connectivity index (χ2n) is 5.15. The molecule has 1 heterocycles. The molecule has 7 heteroatoms. The van der Waals surface area contributed by atoms with Gasteiger partial charge in [0.1, 0.15) is 6.54 Å². The number of nitrogens with one attached hydrogen (secondary N) is 2. The van der Waals surface area contributed by atoms with E-state index in [1.54, 1.807) is 18.2 Å². The summed E-state index contributed by atoms with van der Waals surface area (Å²) in [6, 6.07) is 10.3. The predicted molar refractivity (Wildman–Crippen MR) is 86.4 cm³/mol. The lowest BCUT2D eigenvalue weighted by atomic mass is 10.2. The minimum absolute atomic E-state index is 0.0907. The number of rotatable bonds is 6. The van der Waals surface area contributed by atoms with Gasteiger partial charge in [0.2, 0.25) is 0 Å². The van der Waals surface area contributed by atoms with Gasteiger partial charge in [0, 0.05) is 5.69 Å². The summed E-state index contributed by atoms with van der Waals surface area (Å²) in [6.07, 6.45) is 0.365. The van der Waals surface area contributed by atoms with Crippen LogP contribution >= 0.6 is 0 Å². The van der Waals surface area contributed by atoms with Crippen LogP contribution in [0.15, 0.2) is 47.1 Å². The Hall–Kier alpha value is -3.09. The maximum atomic E-state index is 12.0. The molecule has 126 valence electrons. The van der Waals surface area contributed by atoms with Crippen molar-refractivity contribution in [3.63, 3.8) is 0 Å². The molecule has 1 atom stereocenters. The van der Waals surface area contributed by atoms with Crippen LogP contribution in [0.5, 0.6) is 0 Å². The first-order valence-electron chi connectivity index (χ1n) is 7.34. The van der Waals surface area contributed by atoms with Crippen LogP contribution < -0.4 is 10.6 Å². The Labute approximate surface area is 139 Å². The second-order valence-corrected chi connectivity index (χ2v) is 5.15. The van der Waals surface area contributed by atoms with Gasteiger partial charge >= 0.3 is 5.97 Å². The van der Waals surface area contributed by atoms with Crippen LogP contribution in [0, 0.1) is 6.92 Å². The van der Waals surface area contributed by atoms with Crippen LogP contribution in [0.4, 0.5) is 5.69 Å². The molecular weight excluding hydrogens is 312 g/mol. The Kier molecular flexibility index (Phi) is 5.73. The highest BCUT2D eigenvalue weighted by molar-refractivity contribution is 5.96. The maximum Gasteiger partial charge on any atom is 0.326 e. The van der Waals surface area contributed by atoms with Crippen molar-refractivity contribution in [2.75, 3.05) is 11.9 Å². The molecule has 2 N–H and O–H groups in total. The van der Waals surface area contributed by atoms with Gasteiger partial charge in [-0.1, -0.05) is 17.7 Å². The van der Waals surface area contributed by atoms with E-state index in [-0.39, 0.29) is 12.3 Å². The molecule has 0 unspecified atom stereocenters. The molecule has 0 aliphatic heterocycles. The number of benzene rings is 1. The van der Waals surface area contributed by atoms with Gasteiger partial charge in [-0.25, -0.2) is 0 Å². The molecule has 1 aromatic heterocycles. The summed E-state index contributed by atoms with van der Waals surface area (Å²) in [5.41, 5.74) is 1.68. The van der Waals surface area contributed by atoms with Gasteiger partial charge in [0.25, 0.3) is 11.8 Å². The lowest BCUT2D eigenvalue weighted by Crippen LogP contribution is -2.35. The number of carbonyl (C=O) groups is 3. The fraction of sp³-hybridized carbons (Fsp3) is 0.235. The van der Waals surface area contributed by atoms with E-state index in [0.717, 1.165) is 5.56 Å². The van der Waals surface area contributed by atoms with Crippen LogP contribution in [0.2, 0.25) is 0 Å². The number of anilines is 1. The first kappa shape index (κ1) is 17.3. The van der Waals surface area contributed by atoms with Crippen molar-refractivity contribution in [1.29, 1.82) is 0 Å². The summed E-state index contributed by atoms with van der Waals surface area (Å²) in [6.45, 7) is 3.03. The maximum absolute atomic E-state index is 12.0. The summed E-state index contributed by atoms with van der Waals surface area (Å²) in [5.74, 6) is -1.62. The van der Waals surface area contributed by atoms with E-state index in [0.29, 0.717) is 5.69 Å². The van der Waals surface area contributed by atoms with E-state index >= 15 is 0 Å². The zero-order valence-corrected chi connectivity index (χ0v) is 13.4. The van der Waals surface area contributed by atoms with Crippen molar-refractivity contribution in [1.82, 2.24) is 5.32 Å². The summed E-state index contributed by atoms with van der Waals surface area (Å²) < 4.78 is 9.87. The first-order chi connectivity index (χ1) is 11.5. The fourth-order valence-electron chi connectivity index (χ4n) is 1.82. The molecule has 24 heavy (non-hydrogen) atoms. The van der Waals surface area contributed by atoms with Gasteiger partial charge in [-0.3, -0.25) is 14.4 Å². The van der Waals surface area contributed by atoms with Crippen molar-refractivity contribution in [2.24, 2.45) is 0 Å². The van der Waals surface area contributed by atoms with Crippen molar-refractivity contribution < 1.29 is 23.5 Å². The Morgan fingerprint density at radius 3 is 2.50 bits per heavy atom. The second kappa shape index (κ2) is 7.96. The third kappa shape index (κ3) is 4.98. The lowest BCUT2D eigenvalue weighted by Gasteiger charge is -2.13. The van der Waals surface area contributed by atoms with E-state index in [2.05, 4.69) is 10.6 Å². The molecule has 2 rings (SSSR count). The van der Waals surface area contributed by atoms with E-state index < -0.39 is 23.9 Å². The molecule has 0 bridgehead atoms. The number of amides is 2. The van der Waals surface area contributed by atoms with Crippen LogP contribution in [-0.4, -0.2) is 30.4 Å². The Balaban J connectivity index is 1.77. The highest BCUT2D eigenvalue weighted by Gasteiger charge is 2.19. The van der Waals surface area contributed by atoms with Crippen LogP contribution in [-0.2, 0) is 14.3 Å². The van der Waals surface area contributed by atoms with Gasteiger partial charge in [0.05, 0.1) is 6.26 Å². The standard InChI is InChI=1S/C17H18N2O5/c1-11-5-7-13(8-6-11)19-16(21)12(2)24-15(20)10-18-17(22)14-4-3-9-23-14/h3-9,12H,10H2,1-2H3,(H,18,22)(H,19,21)/t12-/m0/s1. The molecule has 0 fully saturated rings. The third-order valence-electron chi connectivity index (χ3n) is 3.13. The van der Waals surface area contributed by atoms with Crippen LogP contribution in [0.3, 0.4) is 0 Å². The number of ether oxygens (including phenoxy) is 1. The highest BCUT2D eigenvalue weighted by Crippen LogP contribution is 2.09. The molecule has 0 saturated heterocycles. The highest BCUT2D eigenvalue weighted by atomic mass is 16.5. The van der Waals surface area contributed by atoms with Gasteiger partial charge in [-0.15, -0.1) is 0 Å². The monoisotopic (exact) mass is 330 g/mol. The lowest BCUT2D eigenvalue weighted by molar-refractivity contribution is -0.152. The van der Waals surface area contributed by atoms with Gasteiger partial charge < -0.3 is 19.8 Å². The molecule has 0 aliphatic rings. The van der Waals surface area contributed by atoms with E-state index in [1.165, 1.54) is 19.3 Å². The molecule has 1 aromatic carbocycles. The molecule has 2 amide bonds. The van der Waals surface area contributed by atoms with Crippen LogP contribution in [0.1, 0.15) is 23.0 Å². The molecule has 0 spiro atoms. The molecule has 0 saturated carbocycles. The smallest absolute Gasteiger partial charge is 0.326 e. The Morgan fingerprint density at radius 2 is 1.88 bits per heavy atom. The largest absolute Gasteiger partial charge is 0.459 e.